The van der Waals surface area contributed by atoms with Gasteiger partial charge >= 0.3 is 5.97 Å². The van der Waals surface area contributed by atoms with Crippen molar-refractivity contribution in [2.75, 3.05) is 0 Å². The first-order chi connectivity index (χ1) is 11.8. The molecule has 1 fully saturated rings. The number of carboxylic acid groups (broad SMARTS) is 1. The number of carbonyl (C=O) groups excluding carboxylic acids is 2. The lowest BCUT2D eigenvalue weighted by molar-refractivity contribution is -0.137. The van der Waals surface area contributed by atoms with Crippen molar-refractivity contribution in [3.8, 4) is 0 Å². The van der Waals surface area contributed by atoms with Crippen LogP contribution in [-0.2, 0) is 20.9 Å². The summed E-state index contributed by atoms with van der Waals surface area (Å²) >= 11 is 0. The normalized spacial score (nSPS) is 19.5. The number of nitrogens with one attached hydrogen (secondary N) is 2. The topological polar surface area (TPSA) is 95.5 Å². The minimum atomic E-state index is -0.960. The molecule has 1 saturated heterocycles. The lowest BCUT2D eigenvalue weighted by Gasteiger charge is -2.28. The molecule has 1 heterocycles. The van der Waals surface area contributed by atoms with Crippen LogP contribution in [0.25, 0.3) is 0 Å². The van der Waals surface area contributed by atoms with Gasteiger partial charge in [-0.3, -0.25) is 14.4 Å². The number of carbonyl (C=O) groups is 3. The maximum Gasteiger partial charge on any atom is 0.303 e. The Morgan fingerprint density at radius 2 is 1.80 bits per heavy atom. The summed E-state index contributed by atoms with van der Waals surface area (Å²) in [5.41, 5.74) is -0.377. The molecule has 0 saturated carbocycles. The van der Waals surface area contributed by atoms with Crippen molar-refractivity contribution in [1.82, 2.24) is 10.6 Å². The number of hydrogen-bond acceptors (Lipinski definition) is 3. The molecule has 8 heteroatoms. The summed E-state index contributed by atoms with van der Waals surface area (Å²) in [7, 11) is 0. The van der Waals surface area contributed by atoms with Crippen molar-refractivity contribution < 1.29 is 28.3 Å². The molecule has 1 unspecified atom stereocenters. The minimum absolute atomic E-state index is 0.0119. The molecular formula is C17H20F2N2O4. The Labute approximate surface area is 143 Å². The molecular weight excluding hydrogens is 334 g/mol. The van der Waals surface area contributed by atoms with E-state index in [0.29, 0.717) is 24.8 Å². The molecule has 0 bridgehead atoms. The molecule has 1 aliphatic heterocycles. The third-order valence-electron chi connectivity index (χ3n) is 4.30. The Bertz CT molecular complexity index is 660. The van der Waals surface area contributed by atoms with Gasteiger partial charge in [-0.2, -0.15) is 0 Å². The monoisotopic (exact) mass is 354 g/mol. The largest absolute Gasteiger partial charge is 0.481 e. The third kappa shape index (κ3) is 5.81. The van der Waals surface area contributed by atoms with Gasteiger partial charge in [-0.1, -0.05) is 0 Å². The van der Waals surface area contributed by atoms with Crippen LogP contribution in [0.15, 0.2) is 18.2 Å². The predicted octanol–water partition coefficient (Wildman–Crippen LogP) is 1.87. The van der Waals surface area contributed by atoms with Crippen molar-refractivity contribution in [3.05, 3.63) is 35.4 Å². The molecule has 1 aromatic carbocycles. The summed E-state index contributed by atoms with van der Waals surface area (Å²) in [6, 6.07) is 3.02. The minimum Gasteiger partial charge on any atom is -0.481 e. The molecule has 136 valence electrons. The number of benzene rings is 1. The second kappa shape index (κ2) is 8.04. The molecule has 0 aliphatic carbocycles. The van der Waals surface area contributed by atoms with Crippen LogP contribution in [0.2, 0.25) is 0 Å². The van der Waals surface area contributed by atoms with Gasteiger partial charge in [0.25, 0.3) is 0 Å². The van der Waals surface area contributed by atoms with E-state index in [1.54, 1.807) is 0 Å². The molecule has 1 aliphatic rings. The van der Waals surface area contributed by atoms with Crippen LogP contribution in [0.1, 0.15) is 44.1 Å². The molecule has 0 radical (unpaired) electrons. The fourth-order valence-corrected chi connectivity index (χ4v) is 2.97. The van der Waals surface area contributed by atoms with Crippen LogP contribution >= 0.6 is 0 Å². The summed E-state index contributed by atoms with van der Waals surface area (Å²) in [4.78, 5) is 34.2. The number of hydrogen-bond donors (Lipinski definition) is 3. The molecule has 0 spiro atoms. The van der Waals surface area contributed by atoms with Crippen molar-refractivity contribution >= 4 is 17.8 Å². The number of aliphatic carboxylic acids is 1. The highest BCUT2D eigenvalue weighted by molar-refractivity contribution is 5.80. The summed E-state index contributed by atoms with van der Waals surface area (Å²) in [5.74, 6) is -2.88. The fourth-order valence-electron chi connectivity index (χ4n) is 2.97. The number of halogens is 2. The first kappa shape index (κ1) is 18.8. The van der Waals surface area contributed by atoms with Gasteiger partial charge < -0.3 is 15.7 Å². The maximum absolute atomic E-state index is 13.1. The molecule has 25 heavy (non-hydrogen) atoms. The molecule has 2 amide bonds. The Kier molecular flexibility index (Phi) is 6.06. The maximum atomic E-state index is 13.1. The zero-order chi connectivity index (χ0) is 18.4. The van der Waals surface area contributed by atoms with E-state index in [9.17, 15) is 23.2 Å². The number of rotatable bonds is 8. The van der Waals surface area contributed by atoms with Crippen LogP contribution < -0.4 is 10.6 Å². The predicted molar refractivity (Wildman–Crippen MR) is 84.4 cm³/mol. The standard InChI is InChI=1S/C17H20F2N2O4/c18-12-7-11(8-13(19)9-12)10-20-14(22)1-4-17(6-3-16(24)25)5-2-15(23)21-17/h7-9H,1-6,10H2,(H,20,22)(H,21,23)(H,24,25). The Morgan fingerprint density at radius 3 is 2.36 bits per heavy atom. The van der Waals surface area contributed by atoms with E-state index in [-0.39, 0.29) is 37.6 Å². The third-order valence-corrected chi connectivity index (χ3v) is 4.30. The molecule has 6 nitrogen and oxygen atoms in total. The SMILES string of the molecule is O=C(O)CCC1(CCC(=O)NCc2cc(F)cc(F)c2)CCC(=O)N1. The van der Waals surface area contributed by atoms with Crippen LogP contribution in [0.5, 0.6) is 0 Å². The summed E-state index contributed by atoms with van der Waals surface area (Å²) in [6.45, 7) is -0.0119. The van der Waals surface area contributed by atoms with Crippen molar-refractivity contribution in [2.24, 2.45) is 0 Å². The van der Waals surface area contributed by atoms with Crippen LogP contribution in [0.4, 0.5) is 8.78 Å². The average Bonchev–Trinajstić information content (AvgIpc) is 2.90. The smallest absolute Gasteiger partial charge is 0.303 e. The van der Waals surface area contributed by atoms with E-state index in [0.717, 1.165) is 18.2 Å². The molecule has 3 N–H and O–H groups in total. The van der Waals surface area contributed by atoms with Gasteiger partial charge in [0.2, 0.25) is 11.8 Å². The average molecular weight is 354 g/mol. The van der Waals surface area contributed by atoms with Gasteiger partial charge in [0.15, 0.2) is 0 Å². The van der Waals surface area contributed by atoms with E-state index in [1.807, 2.05) is 0 Å². The van der Waals surface area contributed by atoms with Gasteiger partial charge in [-0.05, 0) is 37.0 Å². The van der Waals surface area contributed by atoms with Gasteiger partial charge in [0, 0.05) is 37.4 Å². The lowest BCUT2D eigenvalue weighted by Crippen LogP contribution is -2.43. The number of amides is 2. The quantitative estimate of drug-likeness (QED) is 0.664. The zero-order valence-electron chi connectivity index (χ0n) is 13.6. The van der Waals surface area contributed by atoms with Gasteiger partial charge in [-0.25, -0.2) is 8.78 Å². The Balaban J connectivity index is 1.86. The summed E-state index contributed by atoms with van der Waals surface area (Å²) in [5, 5.41) is 14.2. The van der Waals surface area contributed by atoms with Gasteiger partial charge in [-0.15, -0.1) is 0 Å². The zero-order valence-corrected chi connectivity index (χ0v) is 13.6. The van der Waals surface area contributed by atoms with Gasteiger partial charge in [0.1, 0.15) is 11.6 Å². The number of carboxylic acids is 1. The Morgan fingerprint density at radius 1 is 1.16 bits per heavy atom. The van der Waals surface area contributed by atoms with E-state index in [2.05, 4.69) is 10.6 Å². The highest BCUT2D eigenvalue weighted by Crippen LogP contribution is 2.30. The highest BCUT2D eigenvalue weighted by atomic mass is 19.1. The van der Waals surface area contributed by atoms with E-state index in [1.165, 1.54) is 0 Å². The van der Waals surface area contributed by atoms with Crippen molar-refractivity contribution in [2.45, 2.75) is 50.6 Å². The second-order valence-electron chi connectivity index (χ2n) is 6.28. The van der Waals surface area contributed by atoms with E-state index < -0.39 is 23.1 Å². The summed E-state index contributed by atoms with van der Waals surface area (Å²) in [6.07, 6.45) is 1.36. The Hall–Kier alpha value is -2.51. The van der Waals surface area contributed by atoms with Crippen molar-refractivity contribution in [1.29, 1.82) is 0 Å². The lowest BCUT2D eigenvalue weighted by atomic mass is 9.86. The second-order valence-corrected chi connectivity index (χ2v) is 6.28. The molecule has 2 rings (SSSR count). The first-order valence-corrected chi connectivity index (χ1v) is 8.02. The first-order valence-electron chi connectivity index (χ1n) is 8.02. The highest BCUT2D eigenvalue weighted by Gasteiger charge is 2.37. The van der Waals surface area contributed by atoms with Crippen LogP contribution in [0.3, 0.4) is 0 Å². The molecule has 0 aromatic heterocycles. The van der Waals surface area contributed by atoms with Crippen LogP contribution in [-0.4, -0.2) is 28.4 Å². The van der Waals surface area contributed by atoms with Crippen molar-refractivity contribution in [3.63, 3.8) is 0 Å². The fraction of sp³-hybridized carbons (Fsp3) is 0.471. The molecule has 1 atom stereocenters. The van der Waals surface area contributed by atoms with E-state index >= 15 is 0 Å². The van der Waals surface area contributed by atoms with Crippen LogP contribution in [0, 0.1) is 11.6 Å². The van der Waals surface area contributed by atoms with E-state index in [4.69, 9.17) is 5.11 Å². The van der Waals surface area contributed by atoms with Gasteiger partial charge in [0.05, 0.1) is 0 Å². The summed E-state index contributed by atoms with van der Waals surface area (Å²) < 4.78 is 26.2. The molecule has 1 aromatic rings.